The highest BCUT2D eigenvalue weighted by Gasteiger charge is 2.19. The first-order chi connectivity index (χ1) is 13.6. The van der Waals surface area contributed by atoms with E-state index in [9.17, 15) is 9.90 Å². The van der Waals surface area contributed by atoms with Crippen molar-refractivity contribution in [3.63, 3.8) is 0 Å². The number of aromatic nitrogens is 2. The molecule has 0 aliphatic rings. The van der Waals surface area contributed by atoms with Crippen molar-refractivity contribution in [2.24, 2.45) is 0 Å². The average Bonchev–Trinajstić information content (AvgIpc) is 2.73. The standard InChI is InChI=1S/C22H15ClN2O2S/c23-16-11-13-18(14-12-16)28-19-21(26)24-20(15-7-3-1-4-8-15)25(22(19)27)17-9-5-2-6-10-17/h1-14,26H. The van der Waals surface area contributed by atoms with E-state index in [-0.39, 0.29) is 16.3 Å². The fourth-order valence-electron chi connectivity index (χ4n) is 2.80. The normalized spacial score (nSPS) is 10.8. The second kappa shape index (κ2) is 7.92. The molecule has 0 aliphatic carbocycles. The molecule has 0 fully saturated rings. The van der Waals surface area contributed by atoms with Crippen molar-refractivity contribution >= 4 is 23.4 Å². The van der Waals surface area contributed by atoms with Crippen LogP contribution in [0, 0.1) is 0 Å². The van der Waals surface area contributed by atoms with Crippen molar-refractivity contribution in [3.05, 3.63) is 100 Å². The predicted molar refractivity (Wildman–Crippen MR) is 113 cm³/mol. The Labute approximate surface area is 171 Å². The van der Waals surface area contributed by atoms with E-state index in [2.05, 4.69) is 4.98 Å². The number of nitrogens with zero attached hydrogens (tertiary/aromatic N) is 2. The van der Waals surface area contributed by atoms with Gasteiger partial charge in [-0.15, -0.1) is 0 Å². The summed E-state index contributed by atoms with van der Waals surface area (Å²) < 4.78 is 1.52. The van der Waals surface area contributed by atoms with E-state index in [0.717, 1.165) is 22.2 Å². The Balaban J connectivity index is 1.92. The molecule has 0 amide bonds. The predicted octanol–water partition coefficient (Wildman–Crippen LogP) is 5.41. The van der Waals surface area contributed by atoms with Gasteiger partial charge in [0.05, 0.1) is 5.69 Å². The van der Waals surface area contributed by atoms with Crippen LogP contribution in [0.5, 0.6) is 5.88 Å². The third-order valence-corrected chi connectivity index (χ3v) is 5.43. The van der Waals surface area contributed by atoms with Gasteiger partial charge in [0.2, 0.25) is 5.88 Å². The summed E-state index contributed by atoms with van der Waals surface area (Å²) in [5.41, 5.74) is 1.08. The number of para-hydroxylation sites is 1. The largest absolute Gasteiger partial charge is 0.492 e. The summed E-state index contributed by atoms with van der Waals surface area (Å²) >= 11 is 7.09. The van der Waals surface area contributed by atoms with E-state index in [0.29, 0.717) is 16.5 Å². The van der Waals surface area contributed by atoms with Gasteiger partial charge in [-0.05, 0) is 36.4 Å². The second-order valence-electron chi connectivity index (χ2n) is 5.99. The SMILES string of the molecule is O=c1c(Sc2ccc(Cl)cc2)c(O)nc(-c2ccccc2)n1-c1ccccc1. The van der Waals surface area contributed by atoms with Gasteiger partial charge in [0.1, 0.15) is 4.90 Å². The molecule has 28 heavy (non-hydrogen) atoms. The van der Waals surface area contributed by atoms with Crippen LogP contribution in [0.25, 0.3) is 17.1 Å². The van der Waals surface area contributed by atoms with Crippen LogP contribution in [0.15, 0.2) is 99.5 Å². The van der Waals surface area contributed by atoms with Gasteiger partial charge in [-0.3, -0.25) is 9.36 Å². The molecule has 0 spiro atoms. The highest BCUT2D eigenvalue weighted by molar-refractivity contribution is 7.99. The third-order valence-electron chi connectivity index (χ3n) is 4.10. The van der Waals surface area contributed by atoms with Crippen LogP contribution >= 0.6 is 23.4 Å². The van der Waals surface area contributed by atoms with E-state index in [1.807, 2.05) is 60.7 Å². The minimum absolute atomic E-state index is 0.158. The monoisotopic (exact) mass is 406 g/mol. The molecule has 0 aliphatic heterocycles. The van der Waals surface area contributed by atoms with Gasteiger partial charge in [0.15, 0.2) is 5.82 Å². The number of hydrogen-bond acceptors (Lipinski definition) is 4. The minimum Gasteiger partial charge on any atom is -0.492 e. The first-order valence-corrected chi connectivity index (χ1v) is 9.73. The topological polar surface area (TPSA) is 55.1 Å². The maximum Gasteiger partial charge on any atom is 0.276 e. The Bertz CT molecular complexity index is 1160. The molecule has 1 heterocycles. The fourth-order valence-corrected chi connectivity index (χ4v) is 3.75. The minimum atomic E-state index is -0.336. The lowest BCUT2D eigenvalue weighted by Crippen LogP contribution is -2.23. The van der Waals surface area contributed by atoms with E-state index in [1.165, 1.54) is 4.57 Å². The van der Waals surface area contributed by atoms with Crippen LogP contribution in [0.2, 0.25) is 5.02 Å². The van der Waals surface area contributed by atoms with Gasteiger partial charge in [-0.25, -0.2) is 0 Å². The molecule has 1 N–H and O–H groups in total. The molecule has 0 atom stereocenters. The Morgan fingerprint density at radius 2 is 1.46 bits per heavy atom. The van der Waals surface area contributed by atoms with Crippen molar-refractivity contribution in [1.82, 2.24) is 9.55 Å². The van der Waals surface area contributed by atoms with Gasteiger partial charge >= 0.3 is 0 Å². The van der Waals surface area contributed by atoms with Gasteiger partial charge in [0, 0.05) is 15.5 Å². The first-order valence-electron chi connectivity index (χ1n) is 8.54. The second-order valence-corrected chi connectivity index (χ2v) is 7.51. The Morgan fingerprint density at radius 3 is 2.11 bits per heavy atom. The van der Waals surface area contributed by atoms with Crippen LogP contribution < -0.4 is 5.56 Å². The summed E-state index contributed by atoms with van der Waals surface area (Å²) in [5, 5.41) is 11.2. The molecule has 0 saturated heterocycles. The molecule has 0 saturated carbocycles. The van der Waals surface area contributed by atoms with Crippen LogP contribution in [-0.4, -0.2) is 14.7 Å². The van der Waals surface area contributed by atoms with Crippen LogP contribution in [0.3, 0.4) is 0 Å². The van der Waals surface area contributed by atoms with E-state index in [1.54, 1.807) is 24.3 Å². The van der Waals surface area contributed by atoms with Gasteiger partial charge in [0.25, 0.3) is 5.56 Å². The van der Waals surface area contributed by atoms with Crippen LogP contribution in [0.1, 0.15) is 0 Å². The quantitative estimate of drug-likeness (QED) is 0.492. The van der Waals surface area contributed by atoms with Crippen molar-refractivity contribution in [2.75, 3.05) is 0 Å². The summed E-state index contributed by atoms with van der Waals surface area (Å²) in [6.45, 7) is 0. The lowest BCUT2D eigenvalue weighted by Gasteiger charge is -2.15. The zero-order valence-corrected chi connectivity index (χ0v) is 16.2. The van der Waals surface area contributed by atoms with Crippen molar-refractivity contribution in [2.45, 2.75) is 9.79 Å². The Kier molecular flexibility index (Phi) is 5.19. The van der Waals surface area contributed by atoms with Crippen molar-refractivity contribution in [3.8, 4) is 23.0 Å². The molecule has 6 heteroatoms. The third kappa shape index (κ3) is 3.67. The zero-order valence-electron chi connectivity index (χ0n) is 14.6. The number of aromatic hydroxyl groups is 1. The molecule has 0 bridgehead atoms. The molecule has 0 radical (unpaired) electrons. The number of halogens is 1. The first kappa shape index (κ1) is 18.3. The molecule has 4 nitrogen and oxygen atoms in total. The van der Waals surface area contributed by atoms with Crippen LogP contribution in [-0.2, 0) is 0 Å². The summed E-state index contributed by atoms with van der Waals surface area (Å²) in [5.74, 6) is 0.0886. The lowest BCUT2D eigenvalue weighted by molar-refractivity contribution is 0.435. The Morgan fingerprint density at radius 1 is 0.857 bits per heavy atom. The van der Waals surface area contributed by atoms with Gasteiger partial charge in [-0.1, -0.05) is 71.9 Å². The molecule has 3 aromatic carbocycles. The fraction of sp³-hybridized carbons (Fsp3) is 0. The molecule has 4 rings (SSSR count). The molecule has 4 aromatic rings. The van der Waals surface area contributed by atoms with Gasteiger partial charge in [-0.2, -0.15) is 4.98 Å². The van der Waals surface area contributed by atoms with E-state index in [4.69, 9.17) is 11.6 Å². The Hall–Kier alpha value is -3.02. The highest BCUT2D eigenvalue weighted by atomic mass is 35.5. The maximum absolute atomic E-state index is 13.4. The molecule has 1 aromatic heterocycles. The summed E-state index contributed by atoms with van der Waals surface area (Å²) in [6.07, 6.45) is 0. The van der Waals surface area contributed by atoms with Crippen LogP contribution in [0.4, 0.5) is 0 Å². The average molecular weight is 407 g/mol. The van der Waals surface area contributed by atoms with E-state index < -0.39 is 0 Å². The zero-order chi connectivity index (χ0) is 19.5. The molecule has 138 valence electrons. The van der Waals surface area contributed by atoms with Crippen molar-refractivity contribution in [1.29, 1.82) is 0 Å². The number of hydrogen-bond donors (Lipinski definition) is 1. The molecular weight excluding hydrogens is 392 g/mol. The smallest absolute Gasteiger partial charge is 0.276 e. The highest BCUT2D eigenvalue weighted by Crippen LogP contribution is 2.33. The summed E-state index contributed by atoms with van der Waals surface area (Å²) in [7, 11) is 0. The lowest BCUT2D eigenvalue weighted by atomic mass is 10.2. The maximum atomic E-state index is 13.4. The summed E-state index contributed by atoms with van der Waals surface area (Å²) in [6, 6.07) is 25.7. The van der Waals surface area contributed by atoms with E-state index >= 15 is 0 Å². The molecular formula is C22H15ClN2O2S. The summed E-state index contributed by atoms with van der Waals surface area (Å²) in [4.78, 5) is 18.7. The number of benzene rings is 3. The molecule has 0 unspecified atom stereocenters. The van der Waals surface area contributed by atoms with Gasteiger partial charge < -0.3 is 5.11 Å². The number of rotatable bonds is 4. The van der Waals surface area contributed by atoms with Crippen molar-refractivity contribution < 1.29 is 5.11 Å².